The molecule has 0 bridgehead atoms. The molecule has 0 spiro atoms. The molecule has 0 aliphatic carbocycles. The van der Waals surface area contributed by atoms with E-state index in [1.54, 1.807) is 0 Å². The van der Waals surface area contributed by atoms with Crippen LogP contribution in [-0.4, -0.2) is 71.5 Å². The predicted octanol–water partition coefficient (Wildman–Crippen LogP) is 2.56. The Bertz CT molecular complexity index is 836. The van der Waals surface area contributed by atoms with Crippen LogP contribution in [0.1, 0.15) is 26.0 Å². The van der Waals surface area contributed by atoms with Crippen molar-refractivity contribution in [3.05, 3.63) is 30.0 Å². The van der Waals surface area contributed by atoms with E-state index in [0.717, 1.165) is 61.8 Å². The molecule has 0 radical (unpaired) electrons. The number of benzene rings is 1. The maximum absolute atomic E-state index is 12.8. The smallest absolute Gasteiger partial charge is 0.236 e. The number of piperazine rings is 1. The molecule has 150 valence electrons. The Hall–Kier alpha value is -2.21. The van der Waals surface area contributed by atoms with Crippen molar-refractivity contribution in [3.63, 3.8) is 0 Å². The standard InChI is InChI=1S/C22H31N5O/c1-16-12-17(2)14-27(13-16)21(28)15-25-8-10-26(11-9-25)22-18(3)23-19-6-4-5-7-20(19)24-22/h4-7,16-17H,8-15H2,1-3H3/t16-,17-/m0/s1. The molecule has 6 heteroatoms. The minimum Gasteiger partial charge on any atom is -0.353 e. The number of piperidine rings is 1. The first-order valence-corrected chi connectivity index (χ1v) is 10.5. The monoisotopic (exact) mass is 381 g/mol. The number of aryl methyl sites for hydroxylation is 1. The summed E-state index contributed by atoms with van der Waals surface area (Å²) in [6, 6.07) is 8.02. The summed E-state index contributed by atoms with van der Waals surface area (Å²) in [7, 11) is 0. The van der Waals surface area contributed by atoms with Gasteiger partial charge in [0.15, 0.2) is 5.82 Å². The quantitative estimate of drug-likeness (QED) is 0.818. The van der Waals surface area contributed by atoms with Crippen molar-refractivity contribution in [1.29, 1.82) is 0 Å². The average molecular weight is 382 g/mol. The van der Waals surface area contributed by atoms with Crippen LogP contribution in [0.25, 0.3) is 11.0 Å². The number of carbonyl (C=O) groups is 1. The third-order valence-corrected chi connectivity index (χ3v) is 5.97. The molecule has 28 heavy (non-hydrogen) atoms. The molecule has 2 fully saturated rings. The lowest BCUT2D eigenvalue weighted by Gasteiger charge is -2.38. The second kappa shape index (κ2) is 8.03. The fourth-order valence-electron chi connectivity index (χ4n) is 4.65. The van der Waals surface area contributed by atoms with Crippen LogP contribution in [0.4, 0.5) is 5.82 Å². The number of carbonyl (C=O) groups excluding carboxylic acids is 1. The molecule has 2 aliphatic rings. The number of aromatic nitrogens is 2. The summed E-state index contributed by atoms with van der Waals surface area (Å²) in [4.78, 5) is 29.0. The molecule has 2 aromatic rings. The van der Waals surface area contributed by atoms with Gasteiger partial charge < -0.3 is 9.80 Å². The lowest BCUT2D eigenvalue weighted by molar-refractivity contribution is -0.135. The molecule has 1 amide bonds. The van der Waals surface area contributed by atoms with Gasteiger partial charge in [-0.25, -0.2) is 9.97 Å². The Morgan fingerprint density at radius 3 is 2.25 bits per heavy atom. The van der Waals surface area contributed by atoms with Crippen LogP contribution in [0, 0.1) is 18.8 Å². The molecular weight excluding hydrogens is 350 g/mol. The lowest BCUT2D eigenvalue weighted by Crippen LogP contribution is -2.52. The van der Waals surface area contributed by atoms with Crippen LogP contribution in [0.15, 0.2) is 24.3 Å². The molecule has 0 saturated carbocycles. The Morgan fingerprint density at radius 2 is 1.61 bits per heavy atom. The second-order valence-corrected chi connectivity index (χ2v) is 8.63. The number of fused-ring (bicyclic) bond motifs is 1. The summed E-state index contributed by atoms with van der Waals surface area (Å²) in [5.41, 5.74) is 2.85. The number of likely N-dealkylation sites (tertiary alicyclic amines) is 1. The fraction of sp³-hybridized carbons (Fsp3) is 0.591. The van der Waals surface area contributed by atoms with Crippen molar-refractivity contribution in [2.45, 2.75) is 27.2 Å². The molecule has 1 aromatic carbocycles. The minimum absolute atomic E-state index is 0.286. The largest absolute Gasteiger partial charge is 0.353 e. The first-order chi connectivity index (χ1) is 13.5. The molecule has 2 atom stereocenters. The van der Waals surface area contributed by atoms with Crippen molar-refractivity contribution in [2.75, 3.05) is 50.7 Å². The topological polar surface area (TPSA) is 52.6 Å². The van der Waals surface area contributed by atoms with Crippen LogP contribution < -0.4 is 4.90 Å². The summed E-state index contributed by atoms with van der Waals surface area (Å²) in [6.45, 7) is 12.4. The van der Waals surface area contributed by atoms with Crippen LogP contribution in [-0.2, 0) is 4.79 Å². The molecular formula is C22H31N5O. The summed E-state index contributed by atoms with van der Waals surface area (Å²) in [5.74, 6) is 2.48. The summed E-state index contributed by atoms with van der Waals surface area (Å²) < 4.78 is 0. The van der Waals surface area contributed by atoms with Crippen LogP contribution >= 0.6 is 0 Å². The molecule has 1 aromatic heterocycles. The maximum atomic E-state index is 12.8. The highest BCUT2D eigenvalue weighted by Gasteiger charge is 2.28. The lowest BCUT2D eigenvalue weighted by atomic mass is 9.92. The van der Waals surface area contributed by atoms with E-state index in [1.165, 1.54) is 6.42 Å². The van der Waals surface area contributed by atoms with Gasteiger partial charge in [0.05, 0.1) is 23.3 Å². The molecule has 6 nitrogen and oxygen atoms in total. The van der Waals surface area contributed by atoms with Crippen LogP contribution in [0.5, 0.6) is 0 Å². The molecule has 2 aliphatic heterocycles. The third-order valence-electron chi connectivity index (χ3n) is 5.97. The van der Waals surface area contributed by atoms with Crippen LogP contribution in [0.2, 0.25) is 0 Å². The zero-order chi connectivity index (χ0) is 19.7. The Kier molecular flexibility index (Phi) is 5.49. The Labute approximate surface area is 167 Å². The van der Waals surface area contributed by atoms with Gasteiger partial charge in [-0.3, -0.25) is 9.69 Å². The highest BCUT2D eigenvalue weighted by molar-refractivity contribution is 5.78. The summed E-state index contributed by atoms with van der Waals surface area (Å²) in [5, 5.41) is 0. The number of hydrogen-bond donors (Lipinski definition) is 0. The normalized spacial score (nSPS) is 24.0. The van der Waals surface area contributed by atoms with E-state index in [9.17, 15) is 4.79 Å². The number of hydrogen-bond acceptors (Lipinski definition) is 5. The molecule has 0 unspecified atom stereocenters. The Balaban J connectivity index is 1.36. The van der Waals surface area contributed by atoms with E-state index in [2.05, 4.69) is 28.5 Å². The van der Waals surface area contributed by atoms with E-state index in [1.807, 2.05) is 31.2 Å². The Morgan fingerprint density at radius 1 is 1.00 bits per heavy atom. The van der Waals surface area contributed by atoms with Gasteiger partial charge in [0.25, 0.3) is 0 Å². The minimum atomic E-state index is 0.286. The highest BCUT2D eigenvalue weighted by atomic mass is 16.2. The van der Waals surface area contributed by atoms with E-state index >= 15 is 0 Å². The van der Waals surface area contributed by atoms with Crippen molar-refractivity contribution >= 4 is 22.8 Å². The first kappa shape index (κ1) is 19.1. The number of amides is 1. The third kappa shape index (κ3) is 4.12. The van der Waals surface area contributed by atoms with Crippen molar-refractivity contribution < 1.29 is 4.79 Å². The van der Waals surface area contributed by atoms with Gasteiger partial charge in [0.1, 0.15) is 0 Å². The second-order valence-electron chi connectivity index (χ2n) is 8.63. The molecule has 2 saturated heterocycles. The summed E-state index contributed by atoms with van der Waals surface area (Å²) in [6.07, 6.45) is 1.23. The van der Waals surface area contributed by atoms with E-state index in [0.29, 0.717) is 18.4 Å². The van der Waals surface area contributed by atoms with Crippen molar-refractivity contribution in [2.24, 2.45) is 11.8 Å². The summed E-state index contributed by atoms with van der Waals surface area (Å²) >= 11 is 0. The first-order valence-electron chi connectivity index (χ1n) is 10.5. The number of para-hydroxylation sites is 2. The number of rotatable bonds is 3. The van der Waals surface area contributed by atoms with E-state index in [4.69, 9.17) is 9.97 Å². The van der Waals surface area contributed by atoms with Gasteiger partial charge in [-0.1, -0.05) is 26.0 Å². The van der Waals surface area contributed by atoms with Gasteiger partial charge in [-0.2, -0.15) is 0 Å². The van der Waals surface area contributed by atoms with Gasteiger partial charge in [-0.15, -0.1) is 0 Å². The predicted molar refractivity (Wildman–Crippen MR) is 112 cm³/mol. The van der Waals surface area contributed by atoms with E-state index in [-0.39, 0.29) is 5.91 Å². The SMILES string of the molecule is Cc1nc2ccccc2nc1N1CCN(CC(=O)N2C[C@@H](C)C[C@H](C)C2)CC1. The zero-order valence-electron chi connectivity index (χ0n) is 17.3. The molecule has 4 rings (SSSR count). The average Bonchev–Trinajstić information content (AvgIpc) is 2.67. The fourth-order valence-corrected chi connectivity index (χ4v) is 4.65. The van der Waals surface area contributed by atoms with Gasteiger partial charge in [0, 0.05) is 39.3 Å². The zero-order valence-corrected chi connectivity index (χ0v) is 17.3. The van der Waals surface area contributed by atoms with Gasteiger partial charge >= 0.3 is 0 Å². The van der Waals surface area contributed by atoms with Crippen molar-refractivity contribution in [3.8, 4) is 0 Å². The number of nitrogens with zero attached hydrogens (tertiary/aromatic N) is 5. The van der Waals surface area contributed by atoms with Crippen molar-refractivity contribution in [1.82, 2.24) is 19.8 Å². The highest BCUT2D eigenvalue weighted by Crippen LogP contribution is 2.23. The van der Waals surface area contributed by atoms with E-state index < -0.39 is 0 Å². The molecule has 3 heterocycles. The number of anilines is 1. The molecule has 0 N–H and O–H groups in total. The maximum Gasteiger partial charge on any atom is 0.236 e. The van der Waals surface area contributed by atoms with Gasteiger partial charge in [0.2, 0.25) is 5.91 Å². The van der Waals surface area contributed by atoms with Gasteiger partial charge in [-0.05, 0) is 37.3 Å². The van der Waals surface area contributed by atoms with Crippen LogP contribution in [0.3, 0.4) is 0 Å².